The van der Waals surface area contributed by atoms with Crippen molar-refractivity contribution >= 4 is 11.7 Å². The maximum absolute atomic E-state index is 11.6. The number of ketones is 1. The molecule has 1 fully saturated rings. The molecule has 0 radical (unpaired) electrons. The highest BCUT2D eigenvalue weighted by Gasteiger charge is 2.17. The maximum Gasteiger partial charge on any atom is 0.257 e. The molecule has 1 saturated heterocycles. The lowest BCUT2D eigenvalue weighted by Gasteiger charge is -2.27. The third-order valence-electron chi connectivity index (χ3n) is 3.06. The van der Waals surface area contributed by atoms with E-state index in [1.807, 2.05) is 0 Å². The van der Waals surface area contributed by atoms with Crippen LogP contribution >= 0.6 is 0 Å². The second-order valence-corrected chi connectivity index (χ2v) is 4.70. The van der Waals surface area contributed by atoms with Crippen molar-refractivity contribution in [2.45, 2.75) is 6.92 Å². The van der Waals surface area contributed by atoms with E-state index in [-0.39, 0.29) is 18.3 Å². The van der Waals surface area contributed by atoms with Crippen LogP contribution in [0.3, 0.4) is 0 Å². The lowest BCUT2D eigenvalue weighted by atomic mass is 10.0. The van der Waals surface area contributed by atoms with Crippen LogP contribution in [0, 0.1) is 5.92 Å². The zero-order valence-corrected chi connectivity index (χ0v) is 10.9. The molecule has 0 atom stereocenters. The molecule has 2 N–H and O–H groups in total. The minimum Gasteiger partial charge on any atom is -0.484 e. The molecule has 0 aromatic heterocycles. The van der Waals surface area contributed by atoms with Crippen LogP contribution in [-0.2, 0) is 4.79 Å². The van der Waals surface area contributed by atoms with Gasteiger partial charge in [0.25, 0.3) is 5.91 Å². The number of ether oxygens (including phenoxy) is 1. The summed E-state index contributed by atoms with van der Waals surface area (Å²) in [6, 6.07) is 6.84. The first-order valence-corrected chi connectivity index (χ1v) is 6.36. The highest BCUT2D eigenvalue weighted by atomic mass is 16.5. The summed E-state index contributed by atoms with van der Waals surface area (Å²) in [6.45, 7) is 4.08. The minimum atomic E-state index is -0.139. The highest BCUT2D eigenvalue weighted by Crippen LogP contribution is 2.13. The molecule has 5 heteroatoms. The van der Waals surface area contributed by atoms with Gasteiger partial charge in [0.05, 0.1) is 0 Å². The first-order chi connectivity index (χ1) is 9.15. The number of hydrogen-bond donors (Lipinski definition) is 2. The van der Waals surface area contributed by atoms with Gasteiger partial charge in [0.2, 0.25) is 0 Å². The molecule has 5 nitrogen and oxygen atoms in total. The average molecular weight is 262 g/mol. The predicted octanol–water partition coefficient (Wildman–Crippen LogP) is 0.604. The fourth-order valence-corrected chi connectivity index (χ4v) is 1.76. The zero-order valence-electron chi connectivity index (χ0n) is 10.9. The van der Waals surface area contributed by atoms with E-state index in [4.69, 9.17) is 4.74 Å². The van der Waals surface area contributed by atoms with Crippen LogP contribution in [0.25, 0.3) is 0 Å². The van der Waals surface area contributed by atoms with E-state index >= 15 is 0 Å². The fraction of sp³-hybridized carbons (Fsp3) is 0.429. The number of carbonyl (C=O) groups excluding carboxylic acids is 2. The molecule has 102 valence electrons. The Kier molecular flexibility index (Phi) is 4.52. The molecule has 1 aliphatic rings. The summed E-state index contributed by atoms with van der Waals surface area (Å²) in [5.41, 5.74) is 0.582. The van der Waals surface area contributed by atoms with E-state index in [9.17, 15) is 9.59 Å². The number of nitrogens with one attached hydrogen (secondary N) is 2. The Balaban J connectivity index is 1.75. The number of carbonyl (C=O) groups is 2. The van der Waals surface area contributed by atoms with Crippen LogP contribution in [-0.4, -0.2) is 37.9 Å². The molecule has 19 heavy (non-hydrogen) atoms. The van der Waals surface area contributed by atoms with Crippen molar-refractivity contribution in [3.63, 3.8) is 0 Å². The molecule has 0 saturated carbocycles. The Morgan fingerprint density at radius 3 is 2.84 bits per heavy atom. The maximum atomic E-state index is 11.6. The van der Waals surface area contributed by atoms with Crippen molar-refractivity contribution in [3.05, 3.63) is 29.8 Å². The Labute approximate surface area is 112 Å². The number of hydrogen-bond acceptors (Lipinski definition) is 4. The standard InChI is InChI=1S/C14H18N2O3/c1-10(17)12-3-2-4-13(5-12)19-9-14(18)16-8-11-6-15-7-11/h2-5,11,15H,6-9H2,1H3,(H,16,18). The van der Waals surface area contributed by atoms with Crippen LogP contribution in [0.1, 0.15) is 17.3 Å². The van der Waals surface area contributed by atoms with Crippen LogP contribution in [0.15, 0.2) is 24.3 Å². The summed E-state index contributed by atoms with van der Waals surface area (Å²) in [6.07, 6.45) is 0. The third-order valence-corrected chi connectivity index (χ3v) is 3.06. The summed E-state index contributed by atoms with van der Waals surface area (Å²) >= 11 is 0. The first kappa shape index (κ1) is 13.5. The highest BCUT2D eigenvalue weighted by molar-refractivity contribution is 5.94. The smallest absolute Gasteiger partial charge is 0.257 e. The summed E-state index contributed by atoms with van der Waals surface area (Å²) in [5.74, 6) is 0.908. The topological polar surface area (TPSA) is 67.4 Å². The summed E-state index contributed by atoms with van der Waals surface area (Å²) in [4.78, 5) is 22.8. The SMILES string of the molecule is CC(=O)c1cccc(OCC(=O)NCC2CNC2)c1. The van der Waals surface area contributed by atoms with E-state index in [1.54, 1.807) is 24.3 Å². The van der Waals surface area contributed by atoms with Gasteiger partial charge in [0.15, 0.2) is 12.4 Å². The molecular formula is C14H18N2O3. The van der Waals surface area contributed by atoms with Crippen LogP contribution in [0.2, 0.25) is 0 Å². The van der Waals surface area contributed by atoms with Gasteiger partial charge in [-0.15, -0.1) is 0 Å². The molecule has 0 unspecified atom stereocenters. The van der Waals surface area contributed by atoms with Gasteiger partial charge in [-0.05, 0) is 19.1 Å². The second-order valence-electron chi connectivity index (χ2n) is 4.70. The number of Topliss-reactive ketones (excluding diaryl/α,β-unsaturated/α-hetero) is 1. The van der Waals surface area contributed by atoms with E-state index in [0.717, 1.165) is 13.1 Å². The monoisotopic (exact) mass is 262 g/mol. The van der Waals surface area contributed by atoms with Crippen LogP contribution < -0.4 is 15.4 Å². The van der Waals surface area contributed by atoms with Crippen molar-refractivity contribution < 1.29 is 14.3 Å². The van der Waals surface area contributed by atoms with Crippen LogP contribution in [0.5, 0.6) is 5.75 Å². The fourth-order valence-electron chi connectivity index (χ4n) is 1.76. The number of benzene rings is 1. The summed E-state index contributed by atoms with van der Waals surface area (Å²) < 4.78 is 5.36. The molecule has 1 amide bonds. The molecule has 1 aliphatic heterocycles. The second kappa shape index (κ2) is 6.33. The van der Waals surface area contributed by atoms with Crippen molar-refractivity contribution in [2.75, 3.05) is 26.2 Å². The van der Waals surface area contributed by atoms with Gasteiger partial charge < -0.3 is 15.4 Å². The molecule has 0 aliphatic carbocycles. The van der Waals surface area contributed by atoms with Crippen molar-refractivity contribution in [1.82, 2.24) is 10.6 Å². The normalized spacial score (nSPS) is 14.6. The predicted molar refractivity (Wildman–Crippen MR) is 71.3 cm³/mol. The lowest BCUT2D eigenvalue weighted by molar-refractivity contribution is -0.123. The quantitative estimate of drug-likeness (QED) is 0.737. The molecular weight excluding hydrogens is 244 g/mol. The van der Waals surface area contributed by atoms with E-state index < -0.39 is 0 Å². The Morgan fingerprint density at radius 1 is 1.42 bits per heavy atom. The van der Waals surface area contributed by atoms with Crippen LogP contribution in [0.4, 0.5) is 0 Å². The molecule has 0 bridgehead atoms. The van der Waals surface area contributed by atoms with Gasteiger partial charge in [0.1, 0.15) is 5.75 Å². The van der Waals surface area contributed by atoms with Gasteiger partial charge in [-0.1, -0.05) is 12.1 Å². The van der Waals surface area contributed by atoms with E-state index in [1.165, 1.54) is 6.92 Å². The molecule has 1 aromatic carbocycles. The number of amides is 1. The Bertz CT molecular complexity index is 470. The summed E-state index contributed by atoms with van der Waals surface area (Å²) in [5, 5.41) is 5.97. The minimum absolute atomic E-state index is 0.0209. The Hall–Kier alpha value is -1.88. The average Bonchev–Trinajstić information content (AvgIpc) is 2.35. The largest absolute Gasteiger partial charge is 0.484 e. The molecule has 0 spiro atoms. The van der Waals surface area contributed by atoms with Crippen molar-refractivity contribution in [1.29, 1.82) is 0 Å². The van der Waals surface area contributed by atoms with Gasteiger partial charge in [-0.3, -0.25) is 9.59 Å². The lowest BCUT2D eigenvalue weighted by Crippen LogP contribution is -2.48. The first-order valence-electron chi connectivity index (χ1n) is 6.36. The van der Waals surface area contributed by atoms with Crippen molar-refractivity contribution in [3.8, 4) is 5.75 Å². The molecule has 2 rings (SSSR count). The van der Waals surface area contributed by atoms with Gasteiger partial charge >= 0.3 is 0 Å². The molecule has 1 heterocycles. The van der Waals surface area contributed by atoms with Gasteiger partial charge in [-0.2, -0.15) is 0 Å². The van der Waals surface area contributed by atoms with Gasteiger partial charge in [0, 0.05) is 31.1 Å². The zero-order chi connectivity index (χ0) is 13.7. The van der Waals surface area contributed by atoms with E-state index in [0.29, 0.717) is 23.8 Å². The molecule has 1 aromatic rings. The van der Waals surface area contributed by atoms with Gasteiger partial charge in [-0.25, -0.2) is 0 Å². The summed E-state index contributed by atoms with van der Waals surface area (Å²) in [7, 11) is 0. The Morgan fingerprint density at radius 2 is 2.21 bits per heavy atom. The van der Waals surface area contributed by atoms with Crippen molar-refractivity contribution in [2.24, 2.45) is 5.92 Å². The number of rotatable bonds is 6. The van der Waals surface area contributed by atoms with E-state index in [2.05, 4.69) is 10.6 Å². The third kappa shape index (κ3) is 4.06.